The fourth-order valence-corrected chi connectivity index (χ4v) is 3.87. The van der Waals surface area contributed by atoms with Crippen LogP contribution in [0.25, 0.3) is 21.8 Å². The molecular formula is C26H28N2. The van der Waals surface area contributed by atoms with Crippen LogP contribution < -0.4 is 5.32 Å². The highest BCUT2D eigenvalue weighted by Gasteiger charge is 2.07. The molecule has 0 aliphatic heterocycles. The Kier molecular flexibility index (Phi) is 6.18. The van der Waals surface area contributed by atoms with Gasteiger partial charge in [-0.15, -0.1) is 0 Å². The molecule has 0 aliphatic carbocycles. The minimum absolute atomic E-state index is 1.01. The van der Waals surface area contributed by atoms with Crippen molar-refractivity contribution in [3.05, 3.63) is 84.4 Å². The minimum atomic E-state index is 1.01. The van der Waals surface area contributed by atoms with E-state index in [4.69, 9.17) is 4.98 Å². The van der Waals surface area contributed by atoms with Crippen molar-refractivity contribution < 1.29 is 0 Å². The predicted octanol–water partition coefficient (Wildman–Crippen LogP) is 6.99. The first-order chi connectivity index (χ1) is 13.9. The predicted molar refractivity (Wildman–Crippen MR) is 121 cm³/mol. The number of unbranched alkanes of at least 4 members (excludes halogenated alkanes) is 4. The van der Waals surface area contributed by atoms with Gasteiger partial charge in [-0.2, -0.15) is 0 Å². The second-order valence-corrected chi connectivity index (χ2v) is 7.45. The van der Waals surface area contributed by atoms with Crippen LogP contribution in [0, 0.1) is 0 Å². The van der Waals surface area contributed by atoms with Crippen molar-refractivity contribution in [2.45, 2.75) is 38.5 Å². The van der Waals surface area contributed by atoms with Gasteiger partial charge in [0.2, 0.25) is 0 Å². The number of hydrogen-bond acceptors (Lipinski definition) is 2. The fraction of sp³-hybridized carbons (Fsp3) is 0.269. The summed E-state index contributed by atoms with van der Waals surface area (Å²) in [5, 5.41) is 6.13. The van der Waals surface area contributed by atoms with E-state index in [1.807, 2.05) is 0 Å². The van der Waals surface area contributed by atoms with E-state index in [1.165, 1.54) is 60.5 Å². The van der Waals surface area contributed by atoms with Gasteiger partial charge in [-0.1, -0.05) is 86.0 Å². The summed E-state index contributed by atoms with van der Waals surface area (Å²) in [6.45, 7) is 1.01. The van der Waals surface area contributed by atoms with Gasteiger partial charge in [0.15, 0.2) is 0 Å². The zero-order valence-electron chi connectivity index (χ0n) is 16.4. The van der Waals surface area contributed by atoms with Gasteiger partial charge in [0.1, 0.15) is 0 Å². The van der Waals surface area contributed by atoms with E-state index in [0.29, 0.717) is 0 Å². The number of benzene rings is 3. The number of para-hydroxylation sites is 2. The first kappa shape index (κ1) is 18.5. The summed E-state index contributed by atoms with van der Waals surface area (Å²) in [4.78, 5) is 4.80. The second kappa shape index (κ2) is 9.36. The van der Waals surface area contributed by atoms with Crippen LogP contribution in [0.15, 0.2) is 78.9 Å². The lowest BCUT2D eigenvalue weighted by molar-refractivity contribution is 0.624. The van der Waals surface area contributed by atoms with E-state index in [0.717, 1.165) is 17.6 Å². The third kappa shape index (κ3) is 4.51. The number of aryl methyl sites for hydroxylation is 1. The van der Waals surface area contributed by atoms with Crippen LogP contribution >= 0.6 is 0 Å². The van der Waals surface area contributed by atoms with Crippen LogP contribution in [-0.4, -0.2) is 11.5 Å². The van der Waals surface area contributed by atoms with Crippen LogP contribution in [0.2, 0.25) is 0 Å². The Hall–Kier alpha value is -2.87. The number of aromatic nitrogens is 1. The maximum atomic E-state index is 4.80. The molecule has 0 bridgehead atoms. The molecule has 0 aliphatic rings. The Morgan fingerprint density at radius 2 is 1.14 bits per heavy atom. The van der Waals surface area contributed by atoms with Gasteiger partial charge >= 0.3 is 0 Å². The van der Waals surface area contributed by atoms with Crippen molar-refractivity contribution in [2.24, 2.45) is 0 Å². The van der Waals surface area contributed by atoms with E-state index in [-0.39, 0.29) is 0 Å². The Morgan fingerprint density at radius 1 is 0.571 bits per heavy atom. The normalized spacial score (nSPS) is 11.1. The molecule has 1 N–H and O–H groups in total. The molecule has 0 atom stereocenters. The molecule has 0 saturated heterocycles. The summed E-state index contributed by atoms with van der Waals surface area (Å²) in [7, 11) is 0. The molecule has 0 fully saturated rings. The molecule has 0 unspecified atom stereocenters. The van der Waals surface area contributed by atoms with Crippen molar-refractivity contribution in [1.29, 1.82) is 0 Å². The number of anilines is 1. The van der Waals surface area contributed by atoms with Crippen LogP contribution in [0.4, 0.5) is 5.69 Å². The first-order valence-electron chi connectivity index (χ1n) is 10.5. The largest absolute Gasteiger partial charge is 0.384 e. The lowest BCUT2D eigenvalue weighted by atomic mass is 10.1. The third-order valence-corrected chi connectivity index (χ3v) is 5.37. The summed E-state index contributed by atoms with van der Waals surface area (Å²) in [6, 6.07) is 27.6. The van der Waals surface area contributed by atoms with E-state index in [2.05, 4.69) is 84.2 Å². The van der Waals surface area contributed by atoms with Crippen molar-refractivity contribution in [2.75, 3.05) is 11.9 Å². The van der Waals surface area contributed by atoms with E-state index in [1.54, 1.807) is 0 Å². The molecule has 142 valence electrons. The number of nitrogens with zero attached hydrogens (tertiary/aromatic N) is 1. The van der Waals surface area contributed by atoms with Gasteiger partial charge in [-0.05, 0) is 37.0 Å². The molecule has 0 amide bonds. The van der Waals surface area contributed by atoms with E-state index < -0.39 is 0 Å². The summed E-state index contributed by atoms with van der Waals surface area (Å²) in [5.41, 5.74) is 4.81. The smallest absolute Gasteiger partial charge is 0.0730 e. The average Bonchev–Trinajstić information content (AvgIpc) is 2.75. The molecular weight excluding hydrogens is 340 g/mol. The van der Waals surface area contributed by atoms with Crippen molar-refractivity contribution in [3.8, 4) is 0 Å². The SMILES string of the molecule is c1ccc(CCCCCCCNc2c3ccccc3nc3ccccc23)cc1. The molecule has 3 aromatic carbocycles. The Morgan fingerprint density at radius 3 is 1.86 bits per heavy atom. The Labute approximate surface area is 167 Å². The molecule has 28 heavy (non-hydrogen) atoms. The maximum absolute atomic E-state index is 4.80. The molecule has 1 aromatic heterocycles. The average molecular weight is 369 g/mol. The first-order valence-corrected chi connectivity index (χ1v) is 10.5. The van der Waals surface area contributed by atoms with Crippen molar-refractivity contribution >= 4 is 27.5 Å². The highest BCUT2D eigenvalue weighted by atomic mass is 14.9. The maximum Gasteiger partial charge on any atom is 0.0730 e. The summed E-state index contributed by atoms with van der Waals surface area (Å²) in [5.74, 6) is 0. The summed E-state index contributed by atoms with van der Waals surface area (Å²) in [6.07, 6.45) is 7.60. The molecule has 0 radical (unpaired) electrons. The van der Waals surface area contributed by atoms with Gasteiger partial charge in [0, 0.05) is 17.3 Å². The van der Waals surface area contributed by atoms with Crippen LogP contribution in [0.1, 0.15) is 37.7 Å². The minimum Gasteiger partial charge on any atom is -0.384 e. The Bertz CT molecular complexity index is 970. The quantitative estimate of drug-likeness (QED) is 0.254. The standard InChI is InChI=1S/C26H28N2/c1(2-5-13-21-14-6-4-7-15-21)3-12-20-27-26-22-16-8-10-18-24(22)28-25-19-11-9-17-23(25)26/h4,6-11,14-19H,1-3,5,12-13,20H2,(H,27,28). The molecule has 1 heterocycles. The van der Waals surface area contributed by atoms with Gasteiger partial charge in [-0.3, -0.25) is 0 Å². The van der Waals surface area contributed by atoms with Gasteiger partial charge in [0.25, 0.3) is 0 Å². The zero-order valence-corrected chi connectivity index (χ0v) is 16.4. The van der Waals surface area contributed by atoms with Gasteiger partial charge in [-0.25, -0.2) is 4.98 Å². The fourth-order valence-electron chi connectivity index (χ4n) is 3.87. The van der Waals surface area contributed by atoms with Crippen LogP contribution in [0.5, 0.6) is 0 Å². The molecule has 0 saturated carbocycles. The lowest BCUT2D eigenvalue weighted by Crippen LogP contribution is -2.03. The number of hydrogen-bond donors (Lipinski definition) is 1. The summed E-state index contributed by atoms with van der Waals surface area (Å²) >= 11 is 0. The molecule has 2 nitrogen and oxygen atoms in total. The van der Waals surface area contributed by atoms with Gasteiger partial charge < -0.3 is 5.32 Å². The van der Waals surface area contributed by atoms with E-state index in [9.17, 15) is 0 Å². The zero-order chi connectivity index (χ0) is 19.0. The molecule has 4 rings (SSSR count). The third-order valence-electron chi connectivity index (χ3n) is 5.37. The monoisotopic (exact) mass is 368 g/mol. The van der Waals surface area contributed by atoms with Crippen molar-refractivity contribution in [3.63, 3.8) is 0 Å². The van der Waals surface area contributed by atoms with Gasteiger partial charge in [0.05, 0.1) is 16.7 Å². The number of fused-ring (bicyclic) bond motifs is 2. The van der Waals surface area contributed by atoms with Crippen molar-refractivity contribution in [1.82, 2.24) is 4.98 Å². The molecule has 0 spiro atoms. The number of pyridine rings is 1. The highest BCUT2D eigenvalue weighted by molar-refractivity contribution is 6.07. The number of rotatable bonds is 9. The molecule has 4 aromatic rings. The van der Waals surface area contributed by atoms with E-state index >= 15 is 0 Å². The highest BCUT2D eigenvalue weighted by Crippen LogP contribution is 2.30. The Balaban J connectivity index is 1.28. The van der Waals surface area contributed by atoms with Crippen LogP contribution in [-0.2, 0) is 6.42 Å². The summed E-state index contributed by atoms with van der Waals surface area (Å²) < 4.78 is 0. The second-order valence-electron chi connectivity index (χ2n) is 7.45. The van der Waals surface area contributed by atoms with Crippen LogP contribution in [0.3, 0.4) is 0 Å². The number of nitrogens with one attached hydrogen (secondary N) is 1. The lowest BCUT2D eigenvalue weighted by Gasteiger charge is -2.13. The topological polar surface area (TPSA) is 24.9 Å². The molecule has 2 heteroatoms.